The summed E-state index contributed by atoms with van der Waals surface area (Å²) < 4.78 is 18.4. The standard InChI is InChI=1S/C14H16FNO4/c1-2-20-13(19)6-5-12(18)16-7-9-3-4-11(17)14(15)10(9)8-16/h3-4,17H,2,5-8H2,1H3. The van der Waals surface area contributed by atoms with Gasteiger partial charge >= 0.3 is 5.97 Å². The Morgan fingerprint density at radius 2 is 2.10 bits per heavy atom. The Bertz CT molecular complexity index is 544. The Kier molecular flexibility index (Phi) is 4.22. The van der Waals surface area contributed by atoms with Crippen molar-refractivity contribution in [3.63, 3.8) is 0 Å². The number of carbonyl (C=O) groups is 2. The smallest absolute Gasteiger partial charge is 0.306 e. The zero-order valence-electron chi connectivity index (χ0n) is 11.2. The van der Waals surface area contributed by atoms with E-state index in [2.05, 4.69) is 0 Å². The highest BCUT2D eigenvalue weighted by atomic mass is 19.1. The van der Waals surface area contributed by atoms with E-state index < -0.39 is 17.5 Å². The molecule has 1 amide bonds. The summed E-state index contributed by atoms with van der Waals surface area (Å²) in [6, 6.07) is 2.88. The summed E-state index contributed by atoms with van der Waals surface area (Å²) in [6.45, 7) is 2.41. The Labute approximate surface area is 116 Å². The van der Waals surface area contributed by atoms with E-state index in [-0.39, 0.29) is 31.9 Å². The van der Waals surface area contributed by atoms with Crippen LogP contribution in [0.4, 0.5) is 4.39 Å². The van der Waals surface area contributed by atoms with Crippen molar-refractivity contribution in [3.05, 3.63) is 29.1 Å². The normalized spacial score (nSPS) is 13.2. The summed E-state index contributed by atoms with van der Waals surface area (Å²) >= 11 is 0. The van der Waals surface area contributed by atoms with Crippen LogP contribution in [-0.4, -0.2) is 28.5 Å². The third kappa shape index (κ3) is 2.89. The lowest BCUT2D eigenvalue weighted by Gasteiger charge is -2.14. The number of rotatable bonds is 4. The topological polar surface area (TPSA) is 66.8 Å². The minimum Gasteiger partial charge on any atom is -0.505 e. The molecule has 0 fully saturated rings. The lowest BCUT2D eigenvalue weighted by atomic mass is 10.1. The van der Waals surface area contributed by atoms with Crippen LogP contribution in [0, 0.1) is 5.82 Å². The van der Waals surface area contributed by atoms with Gasteiger partial charge in [-0.2, -0.15) is 0 Å². The van der Waals surface area contributed by atoms with Gasteiger partial charge in [-0.1, -0.05) is 6.07 Å². The largest absolute Gasteiger partial charge is 0.505 e. The number of aromatic hydroxyl groups is 1. The average molecular weight is 281 g/mol. The molecule has 0 saturated carbocycles. The molecular weight excluding hydrogens is 265 g/mol. The first-order chi connectivity index (χ1) is 9.52. The van der Waals surface area contributed by atoms with Crippen LogP contribution in [0.5, 0.6) is 5.75 Å². The molecule has 108 valence electrons. The summed E-state index contributed by atoms with van der Waals surface area (Å²) in [5.41, 5.74) is 1.03. The fraction of sp³-hybridized carbons (Fsp3) is 0.429. The summed E-state index contributed by atoms with van der Waals surface area (Å²) in [5, 5.41) is 9.30. The molecular formula is C14H16FNO4. The second-order valence-electron chi connectivity index (χ2n) is 4.59. The van der Waals surface area contributed by atoms with Crippen LogP contribution < -0.4 is 0 Å². The number of hydrogen-bond acceptors (Lipinski definition) is 4. The van der Waals surface area contributed by atoms with E-state index in [0.717, 1.165) is 0 Å². The number of halogens is 1. The quantitative estimate of drug-likeness (QED) is 0.853. The molecule has 0 radical (unpaired) electrons. The third-order valence-electron chi connectivity index (χ3n) is 3.23. The second-order valence-corrected chi connectivity index (χ2v) is 4.59. The predicted molar refractivity (Wildman–Crippen MR) is 68.2 cm³/mol. The molecule has 1 aromatic carbocycles. The molecule has 0 unspecified atom stereocenters. The van der Waals surface area contributed by atoms with E-state index in [9.17, 15) is 19.1 Å². The highest BCUT2D eigenvalue weighted by molar-refractivity contribution is 5.81. The first-order valence-electron chi connectivity index (χ1n) is 6.45. The number of ether oxygens (including phenoxy) is 1. The molecule has 0 atom stereocenters. The molecule has 20 heavy (non-hydrogen) atoms. The molecule has 2 rings (SSSR count). The van der Waals surface area contributed by atoms with E-state index in [1.165, 1.54) is 11.0 Å². The predicted octanol–water partition coefficient (Wildman–Crippen LogP) is 1.72. The minimum absolute atomic E-state index is 0.0211. The van der Waals surface area contributed by atoms with E-state index in [1.807, 2.05) is 0 Å². The fourth-order valence-corrected chi connectivity index (χ4v) is 2.20. The van der Waals surface area contributed by atoms with Gasteiger partial charge in [0.05, 0.1) is 13.0 Å². The Morgan fingerprint density at radius 1 is 1.35 bits per heavy atom. The van der Waals surface area contributed by atoms with Crippen molar-refractivity contribution in [2.24, 2.45) is 0 Å². The summed E-state index contributed by atoms with van der Waals surface area (Å²) in [5.74, 6) is -1.73. The molecule has 5 nitrogen and oxygen atoms in total. The average Bonchev–Trinajstić information content (AvgIpc) is 2.85. The van der Waals surface area contributed by atoms with Crippen molar-refractivity contribution >= 4 is 11.9 Å². The van der Waals surface area contributed by atoms with Crippen LogP contribution in [0.1, 0.15) is 30.9 Å². The van der Waals surface area contributed by atoms with Crippen molar-refractivity contribution < 1.29 is 23.8 Å². The van der Waals surface area contributed by atoms with Crippen LogP contribution in [-0.2, 0) is 27.4 Å². The van der Waals surface area contributed by atoms with E-state index in [1.54, 1.807) is 13.0 Å². The maximum Gasteiger partial charge on any atom is 0.306 e. The van der Waals surface area contributed by atoms with E-state index in [0.29, 0.717) is 17.7 Å². The number of fused-ring (bicyclic) bond motifs is 1. The van der Waals surface area contributed by atoms with Gasteiger partial charge in [0.15, 0.2) is 11.6 Å². The van der Waals surface area contributed by atoms with Gasteiger partial charge in [-0.3, -0.25) is 9.59 Å². The van der Waals surface area contributed by atoms with Gasteiger partial charge in [0, 0.05) is 25.1 Å². The maximum absolute atomic E-state index is 13.7. The van der Waals surface area contributed by atoms with Crippen LogP contribution in [0.15, 0.2) is 12.1 Å². The number of esters is 1. The van der Waals surface area contributed by atoms with Crippen molar-refractivity contribution in [1.29, 1.82) is 0 Å². The number of amides is 1. The highest BCUT2D eigenvalue weighted by Crippen LogP contribution is 2.30. The molecule has 0 spiro atoms. The molecule has 0 bridgehead atoms. The van der Waals surface area contributed by atoms with Gasteiger partial charge in [-0.25, -0.2) is 4.39 Å². The third-order valence-corrected chi connectivity index (χ3v) is 3.23. The SMILES string of the molecule is CCOC(=O)CCC(=O)N1Cc2ccc(O)c(F)c2C1. The molecule has 0 aromatic heterocycles. The molecule has 6 heteroatoms. The van der Waals surface area contributed by atoms with Crippen molar-refractivity contribution in [3.8, 4) is 5.75 Å². The monoisotopic (exact) mass is 281 g/mol. The van der Waals surface area contributed by atoms with Crippen LogP contribution in [0.2, 0.25) is 0 Å². The number of phenols is 1. The zero-order chi connectivity index (χ0) is 14.7. The first-order valence-corrected chi connectivity index (χ1v) is 6.45. The second kappa shape index (κ2) is 5.90. The summed E-state index contributed by atoms with van der Waals surface area (Å²) in [6.07, 6.45) is 0.0632. The minimum atomic E-state index is -0.678. The van der Waals surface area contributed by atoms with E-state index >= 15 is 0 Å². The number of hydrogen-bond donors (Lipinski definition) is 1. The van der Waals surface area contributed by atoms with Crippen molar-refractivity contribution in [2.75, 3.05) is 6.61 Å². The maximum atomic E-state index is 13.7. The molecule has 0 saturated heterocycles. The summed E-state index contributed by atoms with van der Waals surface area (Å²) in [7, 11) is 0. The highest BCUT2D eigenvalue weighted by Gasteiger charge is 2.27. The van der Waals surface area contributed by atoms with Gasteiger partial charge in [-0.15, -0.1) is 0 Å². The lowest BCUT2D eigenvalue weighted by molar-refractivity contribution is -0.145. The van der Waals surface area contributed by atoms with Crippen LogP contribution in [0.3, 0.4) is 0 Å². The molecule has 1 heterocycles. The molecule has 1 aliphatic heterocycles. The number of nitrogens with zero attached hydrogens (tertiary/aromatic N) is 1. The number of benzene rings is 1. The van der Waals surface area contributed by atoms with Crippen LogP contribution in [0.25, 0.3) is 0 Å². The Balaban J connectivity index is 1.95. The molecule has 1 N–H and O–H groups in total. The van der Waals surface area contributed by atoms with Crippen LogP contribution >= 0.6 is 0 Å². The van der Waals surface area contributed by atoms with Gasteiger partial charge in [0.25, 0.3) is 0 Å². The number of phenolic OH excluding ortho intramolecular Hbond substituents is 1. The van der Waals surface area contributed by atoms with Crippen molar-refractivity contribution in [2.45, 2.75) is 32.9 Å². The van der Waals surface area contributed by atoms with E-state index in [4.69, 9.17) is 4.74 Å². The van der Waals surface area contributed by atoms with Gasteiger partial charge in [0.2, 0.25) is 5.91 Å². The molecule has 1 aliphatic rings. The van der Waals surface area contributed by atoms with Crippen molar-refractivity contribution in [1.82, 2.24) is 4.90 Å². The fourth-order valence-electron chi connectivity index (χ4n) is 2.20. The summed E-state index contributed by atoms with van der Waals surface area (Å²) in [4.78, 5) is 24.6. The zero-order valence-corrected chi connectivity index (χ0v) is 11.2. The van der Waals surface area contributed by atoms with Gasteiger partial charge < -0.3 is 14.7 Å². The molecule has 1 aromatic rings. The Morgan fingerprint density at radius 3 is 2.80 bits per heavy atom. The molecule has 0 aliphatic carbocycles. The van der Waals surface area contributed by atoms with Gasteiger partial charge in [-0.05, 0) is 18.6 Å². The first kappa shape index (κ1) is 14.3. The lowest BCUT2D eigenvalue weighted by Crippen LogP contribution is -2.26. The van der Waals surface area contributed by atoms with Gasteiger partial charge in [0.1, 0.15) is 0 Å². The Hall–Kier alpha value is -2.11. The number of carbonyl (C=O) groups excluding carboxylic acids is 2.